The lowest BCUT2D eigenvalue weighted by Gasteiger charge is -2.11. The molecule has 0 fully saturated rings. The first-order valence-electron chi connectivity index (χ1n) is 5.73. The average Bonchev–Trinajstić information content (AvgIpc) is 2.81. The second-order valence-corrected chi connectivity index (χ2v) is 4.81. The first-order chi connectivity index (χ1) is 9.02. The number of amides is 2. The average molecular weight is 286 g/mol. The Morgan fingerprint density at radius 3 is 2.79 bits per heavy atom. The summed E-state index contributed by atoms with van der Waals surface area (Å²) < 4.78 is 4.56. The molecular weight excluding hydrogens is 268 g/mol. The number of esters is 1. The van der Waals surface area contributed by atoms with Crippen LogP contribution in [0.1, 0.15) is 5.69 Å². The van der Waals surface area contributed by atoms with Crippen molar-refractivity contribution < 1.29 is 14.3 Å². The monoisotopic (exact) mass is 286 g/mol. The molecule has 19 heavy (non-hydrogen) atoms. The van der Waals surface area contributed by atoms with E-state index in [0.717, 1.165) is 5.13 Å². The number of aromatic nitrogens is 1. The molecule has 0 unspecified atom stereocenters. The van der Waals surface area contributed by atoms with Crippen molar-refractivity contribution in [3.05, 3.63) is 11.1 Å². The fourth-order valence-electron chi connectivity index (χ4n) is 1.19. The summed E-state index contributed by atoms with van der Waals surface area (Å²) in [5, 5.41) is 8.32. The van der Waals surface area contributed by atoms with Gasteiger partial charge in [0.15, 0.2) is 5.13 Å². The van der Waals surface area contributed by atoms with Gasteiger partial charge < -0.3 is 20.3 Å². The molecule has 0 aliphatic rings. The fourth-order valence-corrected chi connectivity index (χ4v) is 1.93. The number of thiazole rings is 1. The van der Waals surface area contributed by atoms with E-state index in [1.807, 2.05) is 0 Å². The molecule has 2 amide bonds. The van der Waals surface area contributed by atoms with Crippen molar-refractivity contribution in [2.45, 2.75) is 6.42 Å². The highest BCUT2D eigenvalue weighted by molar-refractivity contribution is 7.13. The van der Waals surface area contributed by atoms with Gasteiger partial charge in [-0.3, -0.25) is 4.79 Å². The SMILES string of the molecule is COC(=O)Cc1csc(NCCNC(=O)N(C)C)n1. The number of nitrogens with zero attached hydrogens (tertiary/aromatic N) is 2. The van der Waals surface area contributed by atoms with Crippen LogP contribution in [0.5, 0.6) is 0 Å². The Morgan fingerprint density at radius 2 is 2.16 bits per heavy atom. The molecule has 7 nitrogen and oxygen atoms in total. The topological polar surface area (TPSA) is 83.6 Å². The van der Waals surface area contributed by atoms with Gasteiger partial charge in [-0.25, -0.2) is 9.78 Å². The summed E-state index contributed by atoms with van der Waals surface area (Å²) in [6.45, 7) is 1.08. The molecule has 0 spiro atoms. The van der Waals surface area contributed by atoms with E-state index in [1.165, 1.54) is 23.3 Å². The van der Waals surface area contributed by atoms with E-state index in [-0.39, 0.29) is 18.4 Å². The molecule has 2 N–H and O–H groups in total. The second kappa shape index (κ2) is 7.57. The van der Waals surface area contributed by atoms with Crippen LogP contribution in [0, 0.1) is 0 Å². The van der Waals surface area contributed by atoms with Crippen molar-refractivity contribution in [3.8, 4) is 0 Å². The number of ether oxygens (including phenoxy) is 1. The molecule has 1 aromatic rings. The van der Waals surface area contributed by atoms with Crippen molar-refractivity contribution in [2.75, 3.05) is 39.6 Å². The van der Waals surface area contributed by atoms with Gasteiger partial charge >= 0.3 is 12.0 Å². The van der Waals surface area contributed by atoms with Crippen LogP contribution in [0.4, 0.5) is 9.93 Å². The summed E-state index contributed by atoms with van der Waals surface area (Å²) in [6, 6.07) is -0.132. The third-order valence-corrected chi connectivity index (χ3v) is 3.04. The maximum absolute atomic E-state index is 11.2. The van der Waals surface area contributed by atoms with Gasteiger partial charge in [0.25, 0.3) is 0 Å². The summed E-state index contributed by atoms with van der Waals surface area (Å²) >= 11 is 1.41. The number of rotatable bonds is 6. The second-order valence-electron chi connectivity index (χ2n) is 3.95. The van der Waals surface area contributed by atoms with Crippen molar-refractivity contribution in [1.82, 2.24) is 15.2 Å². The van der Waals surface area contributed by atoms with E-state index < -0.39 is 0 Å². The molecule has 0 saturated carbocycles. The molecular formula is C11H18N4O3S. The Morgan fingerprint density at radius 1 is 1.42 bits per heavy atom. The van der Waals surface area contributed by atoms with Gasteiger partial charge in [-0.1, -0.05) is 0 Å². The van der Waals surface area contributed by atoms with Crippen LogP contribution in [0.15, 0.2) is 5.38 Å². The fraction of sp³-hybridized carbons (Fsp3) is 0.545. The van der Waals surface area contributed by atoms with Gasteiger partial charge in [0.1, 0.15) is 0 Å². The lowest BCUT2D eigenvalue weighted by Crippen LogP contribution is -2.37. The Kier molecular flexibility index (Phi) is 6.07. The van der Waals surface area contributed by atoms with E-state index in [2.05, 4.69) is 20.4 Å². The zero-order valence-corrected chi connectivity index (χ0v) is 12.0. The van der Waals surface area contributed by atoms with E-state index >= 15 is 0 Å². The number of methoxy groups -OCH3 is 1. The smallest absolute Gasteiger partial charge is 0.316 e. The molecule has 0 radical (unpaired) electrons. The zero-order chi connectivity index (χ0) is 14.3. The van der Waals surface area contributed by atoms with Gasteiger partial charge in [0.2, 0.25) is 0 Å². The first-order valence-corrected chi connectivity index (χ1v) is 6.61. The third kappa shape index (κ3) is 5.56. The number of anilines is 1. The third-order valence-electron chi connectivity index (χ3n) is 2.19. The number of hydrogen-bond acceptors (Lipinski definition) is 6. The number of urea groups is 1. The molecule has 1 aromatic heterocycles. The minimum absolute atomic E-state index is 0.132. The highest BCUT2D eigenvalue weighted by Gasteiger charge is 2.07. The standard InChI is InChI=1S/C11H18N4O3S/c1-15(2)11(17)13-5-4-12-10-14-8(7-19-10)6-9(16)18-3/h7H,4-6H2,1-3H3,(H,12,14)(H,13,17). The predicted octanol–water partition coefficient (Wildman–Crippen LogP) is 0.542. The number of carbonyl (C=O) groups is 2. The maximum atomic E-state index is 11.2. The van der Waals surface area contributed by atoms with Crippen LogP contribution in [-0.2, 0) is 16.0 Å². The predicted molar refractivity (Wildman–Crippen MR) is 73.4 cm³/mol. The molecule has 8 heteroatoms. The Bertz CT molecular complexity index is 433. The van der Waals surface area contributed by atoms with E-state index in [9.17, 15) is 9.59 Å². The van der Waals surface area contributed by atoms with Crippen LogP contribution < -0.4 is 10.6 Å². The van der Waals surface area contributed by atoms with Crippen molar-refractivity contribution >= 4 is 28.5 Å². The largest absolute Gasteiger partial charge is 0.469 e. The Labute approximate surface area is 116 Å². The normalized spacial score (nSPS) is 9.84. The Balaban J connectivity index is 2.27. The lowest BCUT2D eigenvalue weighted by molar-refractivity contribution is -0.139. The van der Waals surface area contributed by atoms with Crippen LogP contribution in [0.2, 0.25) is 0 Å². The summed E-state index contributed by atoms with van der Waals surface area (Å²) in [7, 11) is 4.71. The van der Waals surface area contributed by atoms with Gasteiger partial charge in [-0.2, -0.15) is 0 Å². The zero-order valence-electron chi connectivity index (χ0n) is 11.2. The number of nitrogens with one attached hydrogen (secondary N) is 2. The van der Waals surface area contributed by atoms with E-state index in [4.69, 9.17) is 0 Å². The van der Waals surface area contributed by atoms with Crippen LogP contribution in [0.25, 0.3) is 0 Å². The molecule has 0 bridgehead atoms. The highest BCUT2D eigenvalue weighted by Crippen LogP contribution is 2.15. The van der Waals surface area contributed by atoms with Crippen LogP contribution in [-0.4, -0.2) is 56.2 Å². The molecule has 1 rings (SSSR count). The highest BCUT2D eigenvalue weighted by atomic mass is 32.1. The summed E-state index contributed by atoms with van der Waals surface area (Å²) in [4.78, 5) is 28.0. The lowest BCUT2D eigenvalue weighted by atomic mass is 10.3. The minimum Gasteiger partial charge on any atom is -0.469 e. The number of hydrogen-bond donors (Lipinski definition) is 2. The molecule has 0 saturated heterocycles. The molecule has 0 aromatic carbocycles. The van der Waals surface area contributed by atoms with Gasteiger partial charge in [-0.15, -0.1) is 11.3 Å². The van der Waals surface area contributed by atoms with Crippen molar-refractivity contribution in [3.63, 3.8) is 0 Å². The van der Waals surface area contributed by atoms with Crippen molar-refractivity contribution in [1.29, 1.82) is 0 Å². The van der Waals surface area contributed by atoms with E-state index in [0.29, 0.717) is 18.8 Å². The summed E-state index contributed by atoms with van der Waals surface area (Å²) in [5.41, 5.74) is 0.677. The maximum Gasteiger partial charge on any atom is 0.316 e. The summed E-state index contributed by atoms with van der Waals surface area (Å²) in [6.07, 6.45) is 0.173. The summed E-state index contributed by atoms with van der Waals surface area (Å²) in [5.74, 6) is -0.310. The van der Waals surface area contributed by atoms with Crippen LogP contribution in [0.3, 0.4) is 0 Å². The molecule has 0 aliphatic heterocycles. The molecule has 0 aliphatic carbocycles. The minimum atomic E-state index is -0.310. The van der Waals surface area contributed by atoms with Gasteiger partial charge in [0, 0.05) is 32.6 Å². The Hall–Kier alpha value is -1.83. The van der Waals surface area contributed by atoms with Gasteiger partial charge in [-0.05, 0) is 0 Å². The van der Waals surface area contributed by atoms with Crippen molar-refractivity contribution in [2.24, 2.45) is 0 Å². The number of carbonyl (C=O) groups excluding carboxylic acids is 2. The van der Waals surface area contributed by atoms with E-state index in [1.54, 1.807) is 19.5 Å². The molecule has 106 valence electrons. The molecule has 0 atom stereocenters. The first kappa shape index (κ1) is 15.2. The van der Waals surface area contributed by atoms with Gasteiger partial charge in [0.05, 0.1) is 19.2 Å². The molecule has 1 heterocycles. The quantitative estimate of drug-likeness (QED) is 0.589. The van der Waals surface area contributed by atoms with Crippen LogP contribution >= 0.6 is 11.3 Å².